The van der Waals surface area contributed by atoms with Gasteiger partial charge in [-0.3, -0.25) is 0 Å². The zero-order valence-corrected chi connectivity index (χ0v) is 72.8. The molecule has 0 aliphatic heterocycles. The number of fused-ring (bicyclic) bond motifs is 15. The van der Waals surface area contributed by atoms with E-state index in [1.807, 2.05) is 74.5 Å². The van der Waals surface area contributed by atoms with Gasteiger partial charge in [0, 0.05) is 27.1 Å². The summed E-state index contributed by atoms with van der Waals surface area (Å²) in [7, 11) is 0. The van der Waals surface area contributed by atoms with Gasteiger partial charge in [-0.1, -0.05) is 424 Å². The van der Waals surface area contributed by atoms with Gasteiger partial charge in [0.05, 0.1) is 0 Å². The zero-order chi connectivity index (χ0) is 84.6. The molecule has 120 heavy (non-hydrogen) atoms. The quantitative estimate of drug-likeness (QED) is 0.165. The van der Waals surface area contributed by atoms with E-state index in [0.717, 1.165) is 22.3 Å². The first-order valence-corrected chi connectivity index (χ1v) is 42.4. The van der Waals surface area contributed by atoms with Crippen LogP contribution in [0.2, 0.25) is 0 Å². The minimum Gasteiger partial charge on any atom is -0.207 e. The summed E-state index contributed by atoms with van der Waals surface area (Å²) in [5.74, 6) is -0.383. The van der Waals surface area contributed by atoms with Crippen LogP contribution in [0.4, 0.5) is 8.78 Å². The Morgan fingerprint density at radius 1 is 0.158 bits per heavy atom. The predicted octanol–water partition coefficient (Wildman–Crippen LogP) is 32.4. The molecule has 0 nitrogen and oxygen atoms in total. The molecule has 0 heterocycles. The molecule has 0 unspecified atom stereocenters. The van der Waals surface area contributed by atoms with Crippen LogP contribution >= 0.6 is 0 Å². The largest absolute Gasteiger partial charge is 0.207 e. The lowest BCUT2D eigenvalue weighted by Crippen LogP contribution is -2.15. The van der Waals surface area contributed by atoms with Crippen LogP contribution in [-0.4, -0.2) is 0 Å². The molecule has 0 amide bonds. The van der Waals surface area contributed by atoms with Gasteiger partial charge in [-0.05, 0) is 246 Å². The van der Waals surface area contributed by atoms with Gasteiger partial charge in [0.1, 0.15) is 11.6 Å². The summed E-state index contributed by atoms with van der Waals surface area (Å²) in [5, 5.41) is 0. The molecule has 0 fully saturated rings. The summed E-state index contributed by atoms with van der Waals surface area (Å²) in [4.78, 5) is 0. The standard InChI is InChI=1S/2C22H20.3C16H16.2C13H11F/c1-15-8-10-16(11-9-15)17-12-13-19-18-6-4-5-7-20(18)22(2,3)21(19)14-17;1-15-9-11-18-19-12-10-17(16-7-5-4-6-8-16)14-21(19)22(2,3)20(18)13-15;1-11-7-6-10-14-15(11)12-8-4-5-9-13(12)16(14,2)3;1-11-8-9-15-13(10-11)12-6-4-5-7-14(12)16(15,2)3;1-11-8-9-13-12-6-4-5-7-14(12)16(2,3)15(13)10-11;2*1-10-5-7-11(8-6-10)12-3-2-4-13(14)9-12/h2*4-14H,1-3H3;3*4-10H,1-3H3;2*2-9H,1H3. The summed E-state index contributed by atoms with van der Waals surface area (Å²) in [5.41, 5.74) is 47.4. The van der Waals surface area contributed by atoms with Crippen LogP contribution in [0.1, 0.15) is 164 Å². The number of halogens is 2. The number of hydrogen-bond donors (Lipinski definition) is 0. The number of aryl methyl sites for hydroxylation is 7. The molecule has 596 valence electrons. The van der Waals surface area contributed by atoms with Crippen LogP contribution in [0.25, 0.3) is 100 Å². The molecule has 0 saturated carbocycles. The number of benzene rings is 16. The number of hydrogen-bond acceptors (Lipinski definition) is 0. The van der Waals surface area contributed by atoms with Crippen molar-refractivity contribution >= 4 is 0 Å². The Bertz CT molecular complexity index is 6340. The third-order valence-corrected chi connectivity index (χ3v) is 25.6. The minimum atomic E-state index is -0.192. The Morgan fingerprint density at radius 2 is 0.408 bits per heavy atom. The molecule has 16 aromatic rings. The second-order valence-corrected chi connectivity index (χ2v) is 36.0. The highest BCUT2D eigenvalue weighted by atomic mass is 19.1. The lowest BCUT2D eigenvalue weighted by Gasteiger charge is -2.22. The highest BCUT2D eigenvalue weighted by Crippen LogP contribution is 2.54. The van der Waals surface area contributed by atoms with Crippen molar-refractivity contribution in [1.82, 2.24) is 0 Å². The normalized spacial score (nSPS) is 14.0. The van der Waals surface area contributed by atoms with Gasteiger partial charge >= 0.3 is 0 Å². The molecule has 5 aliphatic carbocycles. The molecule has 0 atom stereocenters. The maximum atomic E-state index is 12.9. The Kier molecular flexibility index (Phi) is 23.1. The van der Waals surface area contributed by atoms with Gasteiger partial charge in [0.15, 0.2) is 0 Å². The summed E-state index contributed by atoms with van der Waals surface area (Å²) in [6, 6.07) is 125. The first-order valence-electron chi connectivity index (χ1n) is 42.4. The molecule has 0 bridgehead atoms. The smallest absolute Gasteiger partial charge is 0.123 e. The van der Waals surface area contributed by atoms with E-state index in [1.54, 1.807) is 24.3 Å². The number of rotatable bonds is 4. The fourth-order valence-corrected chi connectivity index (χ4v) is 18.7. The third-order valence-electron chi connectivity index (χ3n) is 25.6. The molecule has 0 spiro atoms. The zero-order valence-electron chi connectivity index (χ0n) is 72.8. The summed E-state index contributed by atoms with van der Waals surface area (Å²) in [6.07, 6.45) is 0. The van der Waals surface area contributed by atoms with Gasteiger partial charge in [-0.25, -0.2) is 8.78 Å². The second kappa shape index (κ2) is 33.6. The average molecular weight is 1570 g/mol. The third kappa shape index (κ3) is 16.4. The van der Waals surface area contributed by atoms with Gasteiger partial charge in [-0.15, -0.1) is 0 Å². The maximum absolute atomic E-state index is 12.9. The van der Waals surface area contributed by atoms with Crippen molar-refractivity contribution in [2.24, 2.45) is 0 Å². The predicted molar refractivity (Wildman–Crippen MR) is 508 cm³/mol. The van der Waals surface area contributed by atoms with Crippen LogP contribution in [-0.2, 0) is 27.1 Å². The molecule has 16 aromatic carbocycles. The summed E-state index contributed by atoms with van der Waals surface area (Å²) in [6.45, 7) is 38.1. The fourth-order valence-electron chi connectivity index (χ4n) is 18.7. The maximum Gasteiger partial charge on any atom is 0.123 e. The summed E-state index contributed by atoms with van der Waals surface area (Å²) >= 11 is 0. The molecule has 0 saturated heterocycles. The van der Waals surface area contributed by atoms with E-state index >= 15 is 0 Å². The van der Waals surface area contributed by atoms with Crippen LogP contribution in [0.5, 0.6) is 0 Å². The first kappa shape index (κ1) is 82.5. The van der Waals surface area contributed by atoms with Gasteiger partial charge < -0.3 is 0 Å². The van der Waals surface area contributed by atoms with Crippen molar-refractivity contribution in [2.75, 3.05) is 0 Å². The highest BCUT2D eigenvalue weighted by molar-refractivity contribution is 5.88. The lowest BCUT2D eigenvalue weighted by molar-refractivity contribution is 0.628. The Morgan fingerprint density at radius 3 is 0.825 bits per heavy atom. The fraction of sp³-hybridized carbons (Fsp3) is 0.186. The van der Waals surface area contributed by atoms with Crippen molar-refractivity contribution in [3.05, 3.63) is 464 Å². The van der Waals surface area contributed by atoms with Crippen molar-refractivity contribution in [1.29, 1.82) is 0 Å². The Hall–Kier alpha value is -12.6. The molecule has 0 aromatic heterocycles. The van der Waals surface area contributed by atoms with E-state index in [-0.39, 0.29) is 38.7 Å². The SMILES string of the molecule is Cc1ccc(-c2ccc3c(c2)C(C)(C)c2ccccc2-3)cc1.Cc1ccc(-c2cccc(F)c2)cc1.Cc1ccc(-c2cccc(F)c2)cc1.Cc1ccc2c(c1)-c1ccccc1C2(C)C.Cc1ccc2c(c1)C(C)(C)c1cc(-c3ccccc3)ccc1-2.Cc1ccc2c(c1)C(C)(C)c1ccccc1-2.Cc1cccc2c1-c1ccccc1C2(C)C. The van der Waals surface area contributed by atoms with Crippen molar-refractivity contribution in [2.45, 2.75) is 145 Å². The molecule has 0 N–H and O–H groups in total. The monoisotopic (exact) mass is 1560 g/mol. The molecular formula is C118H110F2. The van der Waals surface area contributed by atoms with Crippen molar-refractivity contribution in [3.63, 3.8) is 0 Å². The molecular weight excluding hydrogens is 1460 g/mol. The van der Waals surface area contributed by atoms with Gasteiger partial charge in [-0.2, -0.15) is 0 Å². The van der Waals surface area contributed by atoms with Crippen molar-refractivity contribution in [3.8, 4) is 100 Å². The molecule has 0 radical (unpaired) electrons. The van der Waals surface area contributed by atoms with Gasteiger partial charge in [0.2, 0.25) is 0 Å². The highest BCUT2D eigenvalue weighted by Gasteiger charge is 2.40. The van der Waals surface area contributed by atoms with E-state index < -0.39 is 0 Å². The topological polar surface area (TPSA) is 0 Å². The van der Waals surface area contributed by atoms with E-state index in [1.165, 1.54) is 185 Å². The molecule has 2 heteroatoms. The van der Waals surface area contributed by atoms with Crippen LogP contribution in [0.3, 0.4) is 0 Å². The molecule has 21 rings (SSSR count). The molecule has 5 aliphatic rings. The van der Waals surface area contributed by atoms with Crippen molar-refractivity contribution < 1.29 is 8.78 Å². The lowest BCUT2D eigenvalue weighted by atomic mass is 9.81. The summed E-state index contributed by atoms with van der Waals surface area (Å²) < 4.78 is 25.9. The van der Waals surface area contributed by atoms with Crippen LogP contribution in [0.15, 0.2) is 358 Å². The first-order chi connectivity index (χ1) is 57.5. The van der Waals surface area contributed by atoms with E-state index in [4.69, 9.17) is 0 Å². The Balaban J connectivity index is 0.000000110. The van der Waals surface area contributed by atoms with E-state index in [9.17, 15) is 8.78 Å². The average Bonchev–Trinajstić information content (AvgIpc) is 1.58. The minimum absolute atomic E-state index is 0.0709. The second-order valence-electron chi connectivity index (χ2n) is 36.0. The van der Waals surface area contributed by atoms with Gasteiger partial charge in [0.25, 0.3) is 0 Å². The van der Waals surface area contributed by atoms with Crippen LogP contribution < -0.4 is 0 Å². The van der Waals surface area contributed by atoms with E-state index in [0.29, 0.717) is 0 Å². The Labute approximate surface area is 713 Å². The van der Waals surface area contributed by atoms with Crippen LogP contribution in [0, 0.1) is 60.1 Å². The van der Waals surface area contributed by atoms with E-state index in [2.05, 4.69) is 365 Å².